The molecule has 0 aliphatic heterocycles. The average molecular weight is 391 g/mol. The summed E-state index contributed by atoms with van der Waals surface area (Å²) in [4.78, 5) is 25.7. The monoisotopic (exact) mass is 391 g/mol. The lowest BCUT2D eigenvalue weighted by Gasteiger charge is -2.06. The Morgan fingerprint density at radius 3 is 2.92 bits per heavy atom. The topological polar surface area (TPSA) is 120 Å². The number of thiol groups is 1. The van der Waals surface area contributed by atoms with Gasteiger partial charge in [0.15, 0.2) is 5.13 Å². The summed E-state index contributed by atoms with van der Waals surface area (Å²) in [6.45, 7) is 1.41. The first kappa shape index (κ1) is 18.5. The number of carbonyl (C=O) groups excluding carboxylic acids is 1. The second kappa shape index (κ2) is 7.96. The molecule has 0 saturated heterocycles. The number of thiazole rings is 1. The molecule has 0 saturated carbocycles. The number of anilines is 2. The number of nitrogens with one attached hydrogen (secondary N) is 2. The highest BCUT2D eigenvalue weighted by Gasteiger charge is 2.13. The highest BCUT2D eigenvalue weighted by Crippen LogP contribution is 2.29. The van der Waals surface area contributed by atoms with Crippen LogP contribution in [0.1, 0.15) is 12.1 Å². The van der Waals surface area contributed by atoms with Gasteiger partial charge in [0.25, 0.3) is 0 Å². The number of aliphatic hydroxyl groups excluding tert-OH is 2. The minimum absolute atomic E-state index is 0.195. The zero-order valence-electron chi connectivity index (χ0n) is 13.8. The van der Waals surface area contributed by atoms with Gasteiger partial charge in [-0.05, 0) is 25.1 Å². The normalized spacial score (nSPS) is 12.2. The van der Waals surface area contributed by atoms with Crippen molar-refractivity contribution in [1.29, 1.82) is 0 Å². The lowest BCUT2D eigenvalue weighted by atomic mass is 10.1. The van der Waals surface area contributed by atoms with E-state index in [1.54, 1.807) is 6.20 Å². The van der Waals surface area contributed by atoms with Crippen molar-refractivity contribution in [3.63, 3.8) is 0 Å². The van der Waals surface area contributed by atoms with Crippen LogP contribution < -0.4 is 10.0 Å². The van der Waals surface area contributed by atoms with Crippen LogP contribution in [0.25, 0.3) is 21.6 Å². The highest BCUT2D eigenvalue weighted by atomic mass is 32.1. The molecule has 0 aliphatic carbocycles. The summed E-state index contributed by atoms with van der Waals surface area (Å²) < 4.78 is 2.80. The maximum Gasteiger partial charge on any atom is 0.228 e. The molecule has 136 valence electrons. The van der Waals surface area contributed by atoms with Crippen LogP contribution in [0, 0.1) is 6.92 Å². The zero-order valence-corrected chi connectivity index (χ0v) is 15.5. The van der Waals surface area contributed by atoms with Crippen molar-refractivity contribution in [2.24, 2.45) is 0 Å². The van der Waals surface area contributed by atoms with E-state index in [1.807, 2.05) is 25.1 Å². The van der Waals surface area contributed by atoms with Gasteiger partial charge in [-0.25, -0.2) is 9.97 Å². The van der Waals surface area contributed by atoms with Crippen LogP contribution in [0.15, 0.2) is 24.4 Å². The summed E-state index contributed by atoms with van der Waals surface area (Å²) >= 11 is 5.30. The van der Waals surface area contributed by atoms with E-state index in [9.17, 15) is 9.90 Å². The second-order valence-corrected chi connectivity index (χ2v) is 6.80. The Morgan fingerprint density at radius 2 is 2.19 bits per heavy atom. The maximum absolute atomic E-state index is 11.8. The summed E-state index contributed by atoms with van der Waals surface area (Å²) in [6, 6.07) is 5.56. The van der Waals surface area contributed by atoms with Gasteiger partial charge in [0.1, 0.15) is 10.3 Å². The Hall–Kier alpha value is -2.27. The molecule has 0 radical (unpaired) electrons. The van der Waals surface area contributed by atoms with Gasteiger partial charge in [0.05, 0.1) is 36.2 Å². The first-order valence-electron chi connectivity index (χ1n) is 7.73. The highest BCUT2D eigenvalue weighted by molar-refractivity contribution is 7.81. The number of aliphatic hydroxyl groups is 2. The van der Waals surface area contributed by atoms with Crippen LogP contribution >= 0.6 is 24.2 Å². The summed E-state index contributed by atoms with van der Waals surface area (Å²) in [5.74, 6) is -0.418. The Morgan fingerprint density at radius 1 is 1.38 bits per heavy atom. The van der Waals surface area contributed by atoms with Gasteiger partial charge in [0, 0.05) is 11.8 Å². The standard InChI is InChI=1S/C16H17N5O3S2/c1-8-13(21-25)4-9(6-17-8)11-2-3-12-15(18-11)26-16(19-12)20-14(24)5-10(23)7-22/h2-4,6,10,21-23,25H,5,7H2,1H3,(H,19,20,24)/t10-/m1/s1. The van der Waals surface area contributed by atoms with Crippen LogP contribution in [-0.2, 0) is 4.79 Å². The van der Waals surface area contributed by atoms with Gasteiger partial charge in [-0.3, -0.25) is 9.78 Å². The molecule has 1 amide bonds. The molecule has 3 heterocycles. The fourth-order valence-corrected chi connectivity index (χ4v) is 3.35. The average Bonchev–Trinajstić information content (AvgIpc) is 3.02. The van der Waals surface area contributed by atoms with Crippen LogP contribution in [-0.4, -0.2) is 43.8 Å². The van der Waals surface area contributed by atoms with Crippen molar-refractivity contribution in [1.82, 2.24) is 15.0 Å². The summed E-state index contributed by atoms with van der Waals surface area (Å²) in [5.41, 5.74) is 3.85. The predicted octanol–water partition coefficient (Wildman–Crippen LogP) is 2.00. The molecule has 0 fully saturated rings. The van der Waals surface area contributed by atoms with E-state index in [-0.39, 0.29) is 6.42 Å². The first-order chi connectivity index (χ1) is 12.5. The number of amides is 1. The third-order valence-corrected chi connectivity index (χ3v) is 4.76. The first-order valence-corrected chi connectivity index (χ1v) is 9.00. The van der Waals surface area contributed by atoms with Crippen LogP contribution in [0.3, 0.4) is 0 Å². The van der Waals surface area contributed by atoms with Crippen LogP contribution in [0.5, 0.6) is 0 Å². The molecule has 0 aromatic carbocycles. The number of pyridine rings is 2. The molecule has 26 heavy (non-hydrogen) atoms. The van der Waals surface area contributed by atoms with E-state index in [2.05, 4.69) is 37.8 Å². The number of aryl methyl sites for hydroxylation is 1. The van der Waals surface area contributed by atoms with E-state index in [0.29, 0.717) is 15.5 Å². The molecule has 3 aromatic rings. The molecule has 1 atom stereocenters. The third kappa shape index (κ3) is 4.10. The van der Waals surface area contributed by atoms with Crippen LogP contribution in [0.4, 0.5) is 10.8 Å². The molecular weight excluding hydrogens is 374 g/mol. The predicted molar refractivity (Wildman–Crippen MR) is 104 cm³/mol. The smallest absolute Gasteiger partial charge is 0.228 e. The fourth-order valence-electron chi connectivity index (χ4n) is 2.27. The van der Waals surface area contributed by atoms with Crippen molar-refractivity contribution in [3.8, 4) is 11.3 Å². The Labute approximate surface area is 158 Å². The number of hydrogen-bond acceptors (Lipinski definition) is 9. The molecule has 10 heteroatoms. The van der Waals surface area contributed by atoms with E-state index >= 15 is 0 Å². The van der Waals surface area contributed by atoms with Crippen LogP contribution in [0.2, 0.25) is 0 Å². The lowest BCUT2D eigenvalue weighted by Crippen LogP contribution is -2.22. The van der Waals surface area contributed by atoms with Gasteiger partial charge in [0.2, 0.25) is 5.91 Å². The molecule has 4 N–H and O–H groups in total. The van der Waals surface area contributed by atoms with Gasteiger partial charge in [-0.1, -0.05) is 24.2 Å². The van der Waals surface area contributed by atoms with Gasteiger partial charge < -0.3 is 20.3 Å². The van der Waals surface area contributed by atoms with Crippen molar-refractivity contribution in [2.45, 2.75) is 19.4 Å². The number of fused-ring (bicyclic) bond motifs is 1. The molecule has 0 unspecified atom stereocenters. The Bertz CT molecular complexity index is 947. The molecule has 3 rings (SSSR count). The number of carbonyl (C=O) groups is 1. The third-order valence-electron chi connectivity index (χ3n) is 3.64. The van der Waals surface area contributed by atoms with Gasteiger partial charge in [-0.15, -0.1) is 0 Å². The summed E-state index contributed by atoms with van der Waals surface area (Å²) in [6.07, 6.45) is 0.454. The lowest BCUT2D eigenvalue weighted by molar-refractivity contribution is -0.118. The van der Waals surface area contributed by atoms with Gasteiger partial charge in [-0.2, -0.15) is 0 Å². The maximum atomic E-state index is 11.8. The quantitative estimate of drug-likeness (QED) is 0.408. The molecule has 0 spiro atoms. The van der Waals surface area contributed by atoms with E-state index in [0.717, 1.165) is 22.6 Å². The minimum atomic E-state index is -1.09. The summed E-state index contributed by atoms with van der Waals surface area (Å²) in [5, 5.41) is 21.1. The summed E-state index contributed by atoms with van der Waals surface area (Å²) in [7, 11) is 0. The molecule has 8 nitrogen and oxygen atoms in total. The molecule has 3 aromatic heterocycles. The van der Waals surface area contributed by atoms with Gasteiger partial charge >= 0.3 is 0 Å². The number of aromatic nitrogens is 3. The fraction of sp³-hybridized carbons (Fsp3) is 0.250. The number of rotatable bonds is 6. The Kier molecular flexibility index (Phi) is 5.67. The number of hydrogen-bond donors (Lipinski definition) is 5. The zero-order chi connectivity index (χ0) is 18.7. The number of nitrogens with zero attached hydrogens (tertiary/aromatic N) is 3. The van der Waals surface area contributed by atoms with Crippen molar-refractivity contribution in [2.75, 3.05) is 16.6 Å². The van der Waals surface area contributed by atoms with Crippen molar-refractivity contribution < 1.29 is 15.0 Å². The van der Waals surface area contributed by atoms with E-state index < -0.39 is 18.6 Å². The Balaban J connectivity index is 1.84. The van der Waals surface area contributed by atoms with E-state index in [4.69, 9.17) is 5.11 Å². The van der Waals surface area contributed by atoms with Crippen molar-refractivity contribution in [3.05, 3.63) is 30.1 Å². The molecule has 0 bridgehead atoms. The molecular formula is C16H17N5O3S2. The molecule has 0 aliphatic rings. The largest absolute Gasteiger partial charge is 0.394 e. The SMILES string of the molecule is Cc1ncc(-c2ccc3nc(NC(=O)C[C@@H](O)CO)sc3n2)cc1NS. The van der Waals surface area contributed by atoms with Crippen molar-refractivity contribution >= 4 is 51.2 Å². The second-order valence-electron chi connectivity index (χ2n) is 5.60. The van der Waals surface area contributed by atoms with E-state index in [1.165, 1.54) is 11.3 Å². The minimum Gasteiger partial charge on any atom is -0.394 e.